The van der Waals surface area contributed by atoms with E-state index < -0.39 is 53.4 Å². The van der Waals surface area contributed by atoms with Crippen molar-refractivity contribution in [3.05, 3.63) is 55.8 Å². The first-order chi connectivity index (χ1) is 14.6. The Morgan fingerprint density at radius 2 is 1.68 bits per heavy atom. The minimum atomic E-state index is -1.66. The second-order valence-electron chi connectivity index (χ2n) is 7.47. The van der Waals surface area contributed by atoms with Gasteiger partial charge in [0, 0.05) is 18.6 Å². The van der Waals surface area contributed by atoms with Crippen molar-refractivity contribution in [2.45, 2.75) is 64.0 Å². The average molecular weight is 451 g/mol. The number of carbonyl (C=O) groups is 2. The van der Waals surface area contributed by atoms with Crippen LogP contribution in [0.5, 0.6) is 0 Å². The fraction of sp³-hybridized carbons (Fsp3) is 0.500. The SMILES string of the molecule is CC[Si](/C=C/[C@@H]1OC(=O)CC[C@H]1OC(=O)c1cc([N+](=O)[O-])cc([N+](=O)[O-])c1)(CC)CC. The van der Waals surface area contributed by atoms with Crippen LogP contribution in [0.3, 0.4) is 0 Å². The first-order valence-electron chi connectivity index (χ1n) is 10.2. The third kappa shape index (κ3) is 5.97. The number of nitro groups is 2. The molecule has 0 aromatic heterocycles. The monoisotopic (exact) mass is 450 g/mol. The van der Waals surface area contributed by atoms with E-state index in [9.17, 15) is 29.8 Å². The molecule has 31 heavy (non-hydrogen) atoms. The fourth-order valence-electron chi connectivity index (χ4n) is 3.53. The van der Waals surface area contributed by atoms with Crippen LogP contribution < -0.4 is 0 Å². The van der Waals surface area contributed by atoms with Crippen LogP contribution in [0, 0.1) is 20.2 Å². The van der Waals surface area contributed by atoms with E-state index in [2.05, 4.69) is 26.5 Å². The molecule has 10 nitrogen and oxygen atoms in total. The largest absolute Gasteiger partial charge is 0.454 e. The molecule has 1 saturated heterocycles. The number of nitrogens with zero attached hydrogens (tertiary/aromatic N) is 2. The lowest BCUT2D eigenvalue weighted by Crippen LogP contribution is -2.39. The zero-order valence-electron chi connectivity index (χ0n) is 17.7. The van der Waals surface area contributed by atoms with E-state index in [-0.39, 0.29) is 18.4 Å². The highest BCUT2D eigenvalue weighted by Gasteiger charge is 2.34. The molecule has 2 atom stereocenters. The summed E-state index contributed by atoms with van der Waals surface area (Å²) < 4.78 is 10.9. The molecule has 1 fully saturated rings. The standard InChI is InChI=1S/C20H26N2O8Si/c1-4-31(5-2,6-3)10-9-18-17(7-8-19(23)29-18)30-20(24)14-11-15(21(25)26)13-16(12-14)22(27)28/h9-13,17-18H,4-8H2,1-3H3/b10-9+/t17-,18+/m1/s1. The van der Waals surface area contributed by atoms with Crippen molar-refractivity contribution in [3.8, 4) is 0 Å². The topological polar surface area (TPSA) is 139 Å². The van der Waals surface area contributed by atoms with Crippen molar-refractivity contribution < 1.29 is 28.9 Å². The molecule has 0 saturated carbocycles. The van der Waals surface area contributed by atoms with E-state index in [0.29, 0.717) is 0 Å². The molecule has 1 aromatic carbocycles. The minimum absolute atomic E-state index is 0.0648. The second-order valence-corrected chi connectivity index (χ2v) is 12.7. The molecule has 1 aliphatic rings. The van der Waals surface area contributed by atoms with Gasteiger partial charge in [0.05, 0.1) is 29.6 Å². The molecule has 0 unspecified atom stereocenters. The highest BCUT2D eigenvalue weighted by molar-refractivity contribution is 6.84. The lowest BCUT2D eigenvalue weighted by Gasteiger charge is -2.30. The maximum Gasteiger partial charge on any atom is 0.339 e. The molecule has 2 rings (SSSR count). The van der Waals surface area contributed by atoms with Crippen molar-refractivity contribution in [1.82, 2.24) is 0 Å². The van der Waals surface area contributed by atoms with Crippen molar-refractivity contribution in [3.63, 3.8) is 0 Å². The van der Waals surface area contributed by atoms with Crippen LogP contribution in [0.1, 0.15) is 44.0 Å². The number of nitro benzene ring substituents is 2. The van der Waals surface area contributed by atoms with Gasteiger partial charge in [0.1, 0.15) is 6.10 Å². The van der Waals surface area contributed by atoms with E-state index in [0.717, 1.165) is 36.3 Å². The van der Waals surface area contributed by atoms with E-state index in [1.54, 1.807) is 6.08 Å². The number of esters is 2. The molecule has 1 heterocycles. The molecule has 0 radical (unpaired) electrons. The summed E-state index contributed by atoms with van der Waals surface area (Å²) in [7, 11) is -1.66. The van der Waals surface area contributed by atoms with Gasteiger partial charge >= 0.3 is 11.9 Å². The molecule has 0 N–H and O–H groups in total. The Balaban J connectivity index is 2.28. The molecular weight excluding hydrogens is 424 g/mol. The Kier molecular flexibility index (Phi) is 8.03. The molecular formula is C20H26N2O8Si. The summed E-state index contributed by atoms with van der Waals surface area (Å²) in [4.78, 5) is 44.9. The van der Waals surface area contributed by atoms with Crippen LogP contribution in [-0.4, -0.2) is 42.1 Å². The number of non-ortho nitro benzene ring substituents is 2. The Labute approximate surface area is 180 Å². The van der Waals surface area contributed by atoms with Gasteiger partial charge in [-0.2, -0.15) is 0 Å². The summed E-state index contributed by atoms with van der Waals surface area (Å²) in [6.07, 6.45) is 0.533. The van der Waals surface area contributed by atoms with Gasteiger partial charge in [0.2, 0.25) is 0 Å². The van der Waals surface area contributed by atoms with Crippen LogP contribution in [-0.2, 0) is 14.3 Å². The van der Waals surface area contributed by atoms with Gasteiger partial charge < -0.3 is 9.47 Å². The van der Waals surface area contributed by atoms with Crippen LogP contribution in [0.2, 0.25) is 18.1 Å². The predicted octanol–water partition coefficient (Wildman–Crippen LogP) is 4.34. The van der Waals surface area contributed by atoms with Crippen LogP contribution in [0.15, 0.2) is 30.0 Å². The number of ether oxygens (including phenoxy) is 2. The minimum Gasteiger partial charge on any atom is -0.454 e. The van der Waals surface area contributed by atoms with Crippen molar-refractivity contribution in [2.24, 2.45) is 0 Å². The fourth-order valence-corrected chi connectivity index (χ4v) is 6.34. The number of rotatable bonds is 9. The Bertz CT molecular complexity index is 857. The normalized spacial score (nSPS) is 19.1. The van der Waals surface area contributed by atoms with Gasteiger partial charge in [0.25, 0.3) is 11.4 Å². The highest BCUT2D eigenvalue weighted by Crippen LogP contribution is 2.27. The number of cyclic esters (lactones) is 1. The van der Waals surface area contributed by atoms with Gasteiger partial charge in [-0.1, -0.05) is 44.6 Å². The number of hydrogen-bond donors (Lipinski definition) is 0. The third-order valence-corrected chi connectivity index (χ3v) is 11.0. The zero-order chi connectivity index (χ0) is 23.2. The van der Waals surface area contributed by atoms with Crippen molar-refractivity contribution >= 4 is 31.4 Å². The number of benzene rings is 1. The van der Waals surface area contributed by atoms with Crippen LogP contribution in [0.25, 0.3) is 0 Å². The van der Waals surface area contributed by atoms with E-state index in [1.165, 1.54) is 0 Å². The molecule has 1 aromatic rings. The first kappa shape index (κ1) is 24.2. The Hall–Kier alpha value is -3.08. The van der Waals surface area contributed by atoms with Gasteiger partial charge in [-0.15, -0.1) is 0 Å². The van der Waals surface area contributed by atoms with E-state index in [1.807, 2.05) is 0 Å². The van der Waals surface area contributed by atoms with Crippen molar-refractivity contribution in [1.29, 1.82) is 0 Å². The van der Waals surface area contributed by atoms with Gasteiger partial charge in [-0.25, -0.2) is 4.79 Å². The number of carbonyl (C=O) groups excluding carboxylic acids is 2. The highest BCUT2D eigenvalue weighted by atomic mass is 28.3. The van der Waals surface area contributed by atoms with E-state index >= 15 is 0 Å². The summed E-state index contributed by atoms with van der Waals surface area (Å²) >= 11 is 0. The first-order valence-corrected chi connectivity index (χ1v) is 12.9. The molecule has 0 spiro atoms. The maximum atomic E-state index is 12.6. The van der Waals surface area contributed by atoms with Gasteiger partial charge in [-0.3, -0.25) is 25.0 Å². The van der Waals surface area contributed by atoms with Gasteiger partial charge in [0.15, 0.2) is 6.10 Å². The molecule has 1 aliphatic heterocycles. The van der Waals surface area contributed by atoms with Crippen LogP contribution in [0.4, 0.5) is 11.4 Å². The summed E-state index contributed by atoms with van der Waals surface area (Å²) in [6, 6.07) is 5.71. The molecule has 0 bridgehead atoms. The summed E-state index contributed by atoms with van der Waals surface area (Å²) in [6.45, 7) is 6.38. The van der Waals surface area contributed by atoms with Crippen LogP contribution >= 0.6 is 0 Å². The second kappa shape index (κ2) is 10.3. The summed E-state index contributed by atoms with van der Waals surface area (Å²) in [5.41, 5.74) is 0.643. The third-order valence-electron chi connectivity index (χ3n) is 5.84. The quantitative estimate of drug-likeness (QED) is 0.234. The smallest absolute Gasteiger partial charge is 0.339 e. The van der Waals surface area contributed by atoms with Gasteiger partial charge in [-0.05, 0) is 12.5 Å². The van der Waals surface area contributed by atoms with E-state index in [4.69, 9.17) is 9.47 Å². The Morgan fingerprint density at radius 1 is 1.13 bits per heavy atom. The predicted molar refractivity (Wildman–Crippen MR) is 114 cm³/mol. The Morgan fingerprint density at radius 3 is 2.16 bits per heavy atom. The maximum absolute atomic E-state index is 12.6. The molecule has 11 heteroatoms. The lowest BCUT2D eigenvalue weighted by atomic mass is 10.0. The van der Waals surface area contributed by atoms with Crippen molar-refractivity contribution in [2.75, 3.05) is 0 Å². The summed E-state index contributed by atoms with van der Waals surface area (Å²) in [5, 5.41) is 22.1. The average Bonchev–Trinajstić information content (AvgIpc) is 2.76. The lowest BCUT2D eigenvalue weighted by molar-refractivity contribution is -0.394. The zero-order valence-corrected chi connectivity index (χ0v) is 18.7. The molecule has 0 amide bonds. The molecule has 168 valence electrons. The summed E-state index contributed by atoms with van der Waals surface area (Å²) in [5.74, 6) is -1.34. The number of hydrogen-bond acceptors (Lipinski definition) is 8. The molecule has 0 aliphatic carbocycles.